The molecule has 0 amide bonds. The van der Waals surface area contributed by atoms with Crippen LogP contribution < -0.4 is 0 Å². The molecule has 0 fully saturated rings. The van der Waals surface area contributed by atoms with Crippen LogP contribution in [0.2, 0.25) is 0 Å². The van der Waals surface area contributed by atoms with Crippen molar-refractivity contribution in [2.24, 2.45) is 0 Å². The summed E-state index contributed by atoms with van der Waals surface area (Å²) in [5.41, 5.74) is 1.64. The van der Waals surface area contributed by atoms with E-state index in [1.54, 1.807) is 18.2 Å². The number of aromatic nitrogens is 2. The first-order valence-corrected chi connectivity index (χ1v) is 6.98. The first-order valence-electron chi connectivity index (χ1n) is 6.98. The zero-order valence-electron chi connectivity index (χ0n) is 12.0. The molecule has 1 aromatic heterocycles. The summed E-state index contributed by atoms with van der Waals surface area (Å²) in [5.74, 6) is -0.953. The summed E-state index contributed by atoms with van der Waals surface area (Å²) < 4.78 is 26.5. The molecule has 0 saturated heterocycles. The standard InChI is InChI=1S/C18H12F2N2O/c19-13-7-5-12(6-8-13)18(23)9-14-10-22-17(11-21-14)15-3-1-2-4-16(15)20/h1-8,10-11H,9H2. The average molecular weight is 310 g/mol. The largest absolute Gasteiger partial charge is 0.294 e. The van der Waals surface area contributed by atoms with Crippen molar-refractivity contribution in [3.05, 3.63) is 83.8 Å². The van der Waals surface area contributed by atoms with E-state index in [1.165, 1.54) is 42.7 Å². The van der Waals surface area contributed by atoms with E-state index in [0.29, 0.717) is 22.5 Å². The Morgan fingerprint density at radius 2 is 1.65 bits per heavy atom. The average Bonchev–Trinajstić information content (AvgIpc) is 2.57. The lowest BCUT2D eigenvalue weighted by Crippen LogP contribution is -2.06. The molecule has 2 aromatic carbocycles. The minimum absolute atomic E-state index is 0.0518. The molecule has 0 atom stereocenters. The van der Waals surface area contributed by atoms with Crippen LogP contribution in [0.15, 0.2) is 60.9 Å². The highest BCUT2D eigenvalue weighted by molar-refractivity contribution is 5.97. The number of nitrogens with zero attached hydrogens (tertiary/aromatic N) is 2. The smallest absolute Gasteiger partial charge is 0.168 e. The Hall–Kier alpha value is -2.95. The molecule has 3 nitrogen and oxygen atoms in total. The third kappa shape index (κ3) is 3.45. The van der Waals surface area contributed by atoms with Gasteiger partial charge in [-0.1, -0.05) is 12.1 Å². The van der Waals surface area contributed by atoms with Crippen molar-refractivity contribution < 1.29 is 13.6 Å². The quantitative estimate of drug-likeness (QED) is 0.688. The van der Waals surface area contributed by atoms with Gasteiger partial charge in [0.05, 0.1) is 24.0 Å². The molecule has 0 spiro atoms. The monoisotopic (exact) mass is 310 g/mol. The molecule has 0 aliphatic rings. The molecule has 114 valence electrons. The summed E-state index contributed by atoms with van der Waals surface area (Å²) in [7, 11) is 0. The fraction of sp³-hybridized carbons (Fsp3) is 0.0556. The van der Waals surface area contributed by atoms with Crippen molar-refractivity contribution in [2.75, 3.05) is 0 Å². The normalized spacial score (nSPS) is 10.5. The van der Waals surface area contributed by atoms with Gasteiger partial charge >= 0.3 is 0 Å². The first kappa shape index (κ1) is 15.0. The molecule has 3 aromatic rings. The second kappa shape index (κ2) is 6.44. The predicted octanol–water partition coefficient (Wildman–Crippen LogP) is 3.85. The first-order chi connectivity index (χ1) is 11.1. The summed E-state index contributed by atoms with van der Waals surface area (Å²) in [4.78, 5) is 20.4. The lowest BCUT2D eigenvalue weighted by Gasteiger charge is -2.04. The van der Waals surface area contributed by atoms with Gasteiger partial charge in [0.15, 0.2) is 5.78 Å². The number of halogens is 2. The molecular formula is C18H12F2N2O. The van der Waals surface area contributed by atoms with Gasteiger partial charge < -0.3 is 0 Å². The second-order valence-corrected chi connectivity index (χ2v) is 4.98. The van der Waals surface area contributed by atoms with Crippen molar-refractivity contribution in [3.8, 4) is 11.3 Å². The van der Waals surface area contributed by atoms with Crippen LogP contribution in [0, 0.1) is 11.6 Å². The number of benzene rings is 2. The zero-order chi connectivity index (χ0) is 16.2. The van der Waals surface area contributed by atoms with Gasteiger partial charge in [0.25, 0.3) is 0 Å². The summed E-state index contributed by atoms with van der Waals surface area (Å²) >= 11 is 0. The summed E-state index contributed by atoms with van der Waals surface area (Å²) in [6, 6.07) is 11.6. The van der Waals surface area contributed by atoms with Gasteiger partial charge in [0, 0.05) is 17.3 Å². The highest BCUT2D eigenvalue weighted by Crippen LogP contribution is 2.19. The minimum atomic E-state index is -0.393. The molecule has 5 heteroatoms. The molecule has 0 saturated carbocycles. The Balaban J connectivity index is 1.76. The Bertz CT molecular complexity index is 830. The molecule has 0 radical (unpaired) electrons. The molecule has 0 aliphatic carbocycles. The van der Waals surface area contributed by atoms with Crippen LogP contribution >= 0.6 is 0 Å². The Morgan fingerprint density at radius 1 is 0.913 bits per heavy atom. The molecule has 1 heterocycles. The number of Topliss-reactive ketones (excluding diaryl/α,β-unsaturated/α-hetero) is 1. The van der Waals surface area contributed by atoms with E-state index in [-0.39, 0.29) is 18.0 Å². The van der Waals surface area contributed by atoms with Crippen molar-refractivity contribution in [2.45, 2.75) is 6.42 Å². The molecule has 0 bridgehead atoms. The third-order valence-corrected chi connectivity index (χ3v) is 3.36. The number of ketones is 1. The summed E-state index contributed by atoms with van der Waals surface area (Å²) in [6.45, 7) is 0. The maximum Gasteiger partial charge on any atom is 0.168 e. The van der Waals surface area contributed by atoms with Crippen LogP contribution in [-0.4, -0.2) is 15.8 Å². The van der Waals surface area contributed by atoms with Gasteiger partial charge in [0.1, 0.15) is 11.6 Å². The van der Waals surface area contributed by atoms with E-state index in [2.05, 4.69) is 9.97 Å². The van der Waals surface area contributed by atoms with Gasteiger partial charge in [-0.15, -0.1) is 0 Å². The van der Waals surface area contributed by atoms with Crippen LogP contribution in [0.3, 0.4) is 0 Å². The van der Waals surface area contributed by atoms with Gasteiger partial charge in [-0.2, -0.15) is 0 Å². The summed E-state index contributed by atoms with van der Waals surface area (Å²) in [5, 5.41) is 0. The van der Waals surface area contributed by atoms with E-state index in [0.717, 1.165) is 0 Å². The minimum Gasteiger partial charge on any atom is -0.294 e. The van der Waals surface area contributed by atoms with Gasteiger partial charge in [0.2, 0.25) is 0 Å². The SMILES string of the molecule is O=C(Cc1cnc(-c2ccccc2F)cn1)c1ccc(F)cc1. The van der Waals surface area contributed by atoms with E-state index in [9.17, 15) is 13.6 Å². The van der Waals surface area contributed by atoms with Crippen LogP contribution in [0.1, 0.15) is 16.1 Å². The lowest BCUT2D eigenvalue weighted by atomic mass is 10.1. The molecule has 0 N–H and O–H groups in total. The predicted molar refractivity (Wildman–Crippen MR) is 81.9 cm³/mol. The number of hydrogen-bond donors (Lipinski definition) is 0. The summed E-state index contributed by atoms with van der Waals surface area (Å²) in [6.07, 6.45) is 2.94. The van der Waals surface area contributed by atoms with Crippen molar-refractivity contribution in [1.82, 2.24) is 9.97 Å². The Morgan fingerprint density at radius 3 is 2.30 bits per heavy atom. The molecular weight excluding hydrogens is 298 g/mol. The van der Waals surface area contributed by atoms with Crippen LogP contribution in [0.25, 0.3) is 11.3 Å². The molecule has 3 rings (SSSR count). The van der Waals surface area contributed by atoms with E-state index < -0.39 is 5.82 Å². The fourth-order valence-corrected chi connectivity index (χ4v) is 2.16. The van der Waals surface area contributed by atoms with Gasteiger partial charge in [-0.25, -0.2) is 8.78 Å². The second-order valence-electron chi connectivity index (χ2n) is 4.98. The van der Waals surface area contributed by atoms with Crippen molar-refractivity contribution >= 4 is 5.78 Å². The highest BCUT2D eigenvalue weighted by Gasteiger charge is 2.10. The fourth-order valence-electron chi connectivity index (χ4n) is 2.16. The van der Waals surface area contributed by atoms with E-state index in [4.69, 9.17) is 0 Å². The van der Waals surface area contributed by atoms with Crippen LogP contribution in [0.5, 0.6) is 0 Å². The lowest BCUT2D eigenvalue weighted by molar-refractivity contribution is 0.0992. The Kier molecular flexibility index (Phi) is 4.19. The molecule has 0 unspecified atom stereocenters. The number of carbonyl (C=O) groups excluding carboxylic acids is 1. The van der Waals surface area contributed by atoms with Crippen LogP contribution in [0.4, 0.5) is 8.78 Å². The van der Waals surface area contributed by atoms with Crippen LogP contribution in [-0.2, 0) is 6.42 Å². The maximum atomic E-state index is 13.7. The highest BCUT2D eigenvalue weighted by atomic mass is 19.1. The number of carbonyl (C=O) groups is 1. The third-order valence-electron chi connectivity index (χ3n) is 3.36. The van der Waals surface area contributed by atoms with Crippen molar-refractivity contribution in [1.29, 1.82) is 0 Å². The van der Waals surface area contributed by atoms with Crippen molar-refractivity contribution in [3.63, 3.8) is 0 Å². The zero-order valence-corrected chi connectivity index (χ0v) is 12.0. The number of hydrogen-bond acceptors (Lipinski definition) is 3. The van der Waals surface area contributed by atoms with E-state index in [1.807, 2.05) is 0 Å². The Labute approximate surface area is 131 Å². The van der Waals surface area contributed by atoms with Gasteiger partial charge in [-0.05, 0) is 36.4 Å². The van der Waals surface area contributed by atoms with E-state index >= 15 is 0 Å². The maximum absolute atomic E-state index is 13.7. The molecule has 0 aliphatic heterocycles. The molecule has 23 heavy (non-hydrogen) atoms. The topological polar surface area (TPSA) is 42.9 Å². The number of rotatable bonds is 4. The van der Waals surface area contributed by atoms with Gasteiger partial charge in [-0.3, -0.25) is 14.8 Å².